The van der Waals surface area contributed by atoms with Crippen LogP contribution in [0.15, 0.2) is 52.0 Å². The number of nitrogens with zero attached hydrogens (tertiary/aromatic N) is 1. The summed E-state index contributed by atoms with van der Waals surface area (Å²) in [5.41, 5.74) is 4.41. The molecule has 31 heavy (non-hydrogen) atoms. The van der Waals surface area contributed by atoms with E-state index >= 15 is 0 Å². The zero-order valence-electron chi connectivity index (χ0n) is 18.7. The number of amides is 1. The quantitative estimate of drug-likeness (QED) is 0.528. The van der Waals surface area contributed by atoms with Crippen molar-refractivity contribution in [3.8, 4) is 0 Å². The molecular formula is C24H30N2O4S. The van der Waals surface area contributed by atoms with E-state index in [1.165, 1.54) is 21.5 Å². The van der Waals surface area contributed by atoms with Crippen molar-refractivity contribution in [1.29, 1.82) is 0 Å². The summed E-state index contributed by atoms with van der Waals surface area (Å²) in [5, 5.41) is 3.75. The maximum Gasteiger partial charge on any atom is 0.243 e. The first-order valence-corrected chi connectivity index (χ1v) is 12.0. The Kier molecular flexibility index (Phi) is 6.86. The summed E-state index contributed by atoms with van der Waals surface area (Å²) in [6.45, 7) is 10.7. The summed E-state index contributed by atoms with van der Waals surface area (Å²) >= 11 is 0. The number of sulfonamides is 1. The van der Waals surface area contributed by atoms with Gasteiger partial charge in [-0.05, 0) is 54.3 Å². The van der Waals surface area contributed by atoms with E-state index in [1.807, 2.05) is 6.07 Å². The minimum Gasteiger partial charge on any atom is -0.464 e. The SMILES string of the molecule is CCN(CC)S(=O)(=O)c1cccc(NC(=O)Cc2coc3cc(C)c(C(C)C)cc23)c1. The molecular weight excluding hydrogens is 412 g/mol. The van der Waals surface area contributed by atoms with Crippen LogP contribution in [-0.4, -0.2) is 31.7 Å². The highest BCUT2D eigenvalue weighted by molar-refractivity contribution is 7.89. The molecule has 0 unspecified atom stereocenters. The molecule has 1 aromatic heterocycles. The number of benzene rings is 2. The highest BCUT2D eigenvalue weighted by Crippen LogP contribution is 2.29. The van der Waals surface area contributed by atoms with Crippen molar-refractivity contribution in [2.45, 2.75) is 51.9 Å². The Morgan fingerprint density at radius 2 is 1.84 bits per heavy atom. The zero-order valence-corrected chi connectivity index (χ0v) is 19.5. The molecule has 166 valence electrons. The Balaban J connectivity index is 1.81. The number of furan rings is 1. The van der Waals surface area contributed by atoms with Gasteiger partial charge >= 0.3 is 0 Å². The third kappa shape index (κ3) is 4.83. The third-order valence-electron chi connectivity index (χ3n) is 5.48. The van der Waals surface area contributed by atoms with Crippen LogP contribution in [0.1, 0.15) is 50.3 Å². The van der Waals surface area contributed by atoms with Crippen molar-refractivity contribution in [2.75, 3.05) is 18.4 Å². The van der Waals surface area contributed by atoms with E-state index in [4.69, 9.17) is 4.42 Å². The molecule has 7 heteroatoms. The van der Waals surface area contributed by atoms with Crippen molar-refractivity contribution in [3.05, 3.63) is 59.4 Å². The van der Waals surface area contributed by atoms with Gasteiger partial charge in [-0.3, -0.25) is 4.79 Å². The van der Waals surface area contributed by atoms with E-state index in [9.17, 15) is 13.2 Å². The molecule has 0 radical (unpaired) electrons. The largest absolute Gasteiger partial charge is 0.464 e. The Hall–Kier alpha value is -2.64. The van der Waals surface area contributed by atoms with Gasteiger partial charge in [-0.1, -0.05) is 33.8 Å². The first-order chi connectivity index (χ1) is 14.7. The molecule has 0 bridgehead atoms. The van der Waals surface area contributed by atoms with Crippen molar-refractivity contribution in [3.63, 3.8) is 0 Å². The van der Waals surface area contributed by atoms with E-state index in [0.717, 1.165) is 16.5 Å². The monoisotopic (exact) mass is 442 g/mol. The lowest BCUT2D eigenvalue weighted by atomic mass is 9.95. The maximum atomic E-state index is 12.8. The van der Waals surface area contributed by atoms with E-state index in [1.54, 1.807) is 38.3 Å². The van der Waals surface area contributed by atoms with Crippen molar-refractivity contribution in [1.82, 2.24) is 4.31 Å². The predicted molar refractivity (Wildman–Crippen MR) is 124 cm³/mol. The number of carbonyl (C=O) groups excluding carboxylic acids is 1. The van der Waals surface area contributed by atoms with Crippen molar-refractivity contribution >= 4 is 32.6 Å². The molecule has 0 atom stereocenters. The Morgan fingerprint density at radius 3 is 2.48 bits per heavy atom. The van der Waals surface area contributed by atoms with Gasteiger partial charge in [0, 0.05) is 29.7 Å². The lowest BCUT2D eigenvalue weighted by molar-refractivity contribution is -0.115. The molecule has 0 aliphatic heterocycles. The molecule has 0 aliphatic carbocycles. The maximum absolute atomic E-state index is 12.8. The van der Waals surface area contributed by atoms with Gasteiger partial charge in [-0.15, -0.1) is 0 Å². The molecule has 2 aromatic carbocycles. The normalized spacial score (nSPS) is 12.1. The number of hydrogen-bond acceptors (Lipinski definition) is 4. The standard InChI is InChI=1S/C24H30N2O4S/c1-6-26(7-2)31(28,29)20-10-8-9-19(13-20)25-24(27)12-18-15-30-23-11-17(5)21(16(3)4)14-22(18)23/h8-11,13-16H,6-7,12H2,1-5H3,(H,25,27). The number of rotatable bonds is 8. The van der Waals surface area contributed by atoms with Gasteiger partial charge in [-0.25, -0.2) is 8.42 Å². The Bertz CT molecular complexity index is 1190. The molecule has 0 fully saturated rings. The molecule has 0 aliphatic rings. The van der Waals surface area contributed by atoms with Gasteiger partial charge < -0.3 is 9.73 Å². The molecule has 1 amide bonds. The van der Waals surface area contributed by atoms with Gasteiger partial charge in [0.1, 0.15) is 5.58 Å². The van der Waals surface area contributed by atoms with E-state index in [2.05, 4.69) is 32.2 Å². The van der Waals surface area contributed by atoms with Crippen LogP contribution in [0.25, 0.3) is 11.0 Å². The number of fused-ring (bicyclic) bond motifs is 1. The van der Waals surface area contributed by atoms with Crippen LogP contribution in [0.5, 0.6) is 0 Å². The fourth-order valence-corrected chi connectivity index (χ4v) is 5.33. The van der Waals surface area contributed by atoms with Crippen LogP contribution in [-0.2, 0) is 21.2 Å². The van der Waals surface area contributed by atoms with Gasteiger partial charge in [0.05, 0.1) is 17.6 Å². The number of anilines is 1. The Morgan fingerprint density at radius 1 is 1.13 bits per heavy atom. The highest BCUT2D eigenvalue weighted by atomic mass is 32.2. The first kappa shape index (κ1) is 23.0. The summed E-state index contributed by atoms with van der Waals surface area (Å²) in [6, 6.07) is 10.5. The second kappa shape index (κ2) is 9.24. The second-order valence-electron chi connectivity index (χ2n) is 7.96. The lowest BCUT2D eigenvalue weighted by Crippen LogP contribution is -2.30. The summed E-state index contributed by atoms with van der Waals surface area (Å²) in [7, 11) is -3.59. The fourth-order valence-electron chi connectivity index (χ4n) is 3.83. The van der Waals surface area contributed by atoms with Crippen molar-refractivity contribution < 1.29 is 17.6 Å². The molecule has 6 nitrogen and oxygen atoms in total. The molecule has 3 aromatic rings. The summed E-state index contributed by atoms with van der Waals surface area (Å²) < 4.78 is 32.6. The van der Waals surface area contributed by atoms with Crippen LogP contribution in [0.4, 0.5) is 5.69 Å². The number of nitrogens with one attached hydrogen (secondary N) is 1. The highest BCUT2D eigenvalue weighted by Gasteiger charge is 2.22. The first-order valence-electron chi connectivity index (χ1n) is 10.6. The number of aryl methyl sites for hydroxylation is 1. The second-order valence-corrected chi connectivity index (χ2v) is 9.90. The molecule has 1 heterocycles. The minimum atomic E-state index is -3.59. The summed E-state index contributed by atoms with van der Waals surface area (Å²) in [5.74, 6) is 0.142. The van der Waals surface area contributed by atoms with E-state index in [-0.39, 0.29) is 17.2 Å². The predicted octanol–water partition coefficient (Wildman–Crippen LogP) is 5.08. The van der Waals surface area contributed by atoms with Crippen LogP contribution < -0.4 is 5.32 Å². The zero-order chi connectivity index (χ0) is 22.8. The van der Waals surface area contributed by atoms with Crippen LogP contribution in [0.2, 0.25) is 0 Å². The average molecular weight is 443 g/mol. The Labute approximate surface area is 184 Å². The van der Waals surface area contributed by atoms with Crippen molar-refractivity contribution in [2.24, 2.45) is 0 Å². The summed E-state index contributed by atoms with van der Waals surface area (Å²) in [6.07, 6.45) is 1.76. The lowest BCUT2D eigenvalue weighted by Gasteiger charge is -2.18. The molecule has 1 N–H and O–H groups in total. The molecule has 0 saturated heterocycles. The van der Waals surface area contributed by atoms with Gasteiger partial charge in [0.25, 0.3) is 0 Å². The van der Waals surface area contributed by atoms with Gasteiger partial charge in [-0.2, -0.15) is 4.31 Å². The molecule has 0 spiro atoms. The molecule has 3 rings (SSSR count). The fraction of sp³-hybridized carbons (Fsp3) is 0.375. The number of carbonyl (C=O) groups is 1. The van der Waals surface area contributed by atoms with E-state index in [0.29, 0.717) is 24.7 Å². The smallest absolute Gasteiger partial charge is 0.243 e. The third-order valence-corrected chi connectivity index (χ3v) is 7.52. The van der Waals surface area contributed by atoms with Crippen LogP contribution in [0.3, 0.4) is 0 Å². The summed E-state index contributed by atoms with van der Waals surface area (Å²) in [4.78, 5) is 12.9. The topological polar surface area (TPSA) is 79.6 Å². The van der Waals surface area contributed by atoms with Crippen LogP contribution >= 0.6 is 0 Å². The molecule has 0 saturated carbocycles. The van der Waals surface area contributed by atoms with Crippen LogP contribution in [0, 0.1) is 6.92 Å². The van der Waals surface area contributed by atoms with Gasteiger partial charge in [0.2, 0.25) is 15.9 Å². The minimum absolute atomic E-state index is 0.140. The number of hydrogen-bond donors (Lipinski definition) is 1. The van der Waals surface area contributed by atoms with Gasteiger partial charge in [0.15, 0.2) is 0 Å². The van der Waals surface area contributed by atoms with E-state index < -0.39 is 10.0 Å². The average Bonchev–Trinajstić information content (AvgIpc) is 3.09.